The highest BCUT2D eigenvalue weighted by Crippen LogP contribution is 2.27. The molecule has 0 fully saturated rings. The molecule has 0 saturated carbocycles. The lowest BCUT2D eigenvalue weighted by Crippen LogP contribution is -1.92. The number of benzene rings is 3. The highest BCUT2D eigenvalue weighted by atomic mass is 19.1. The lowest BCUT2D eigenvalue weighted by atomic mass is 10.2. The predicted octanol–water partition coefficient (Wildman–Crippen LogP) is 5.04. The Morgan fingerprint density at radius 3 is 2.57 bits per heavy atom. The summed E-state index contributed by atoms with van der Waals surface area (Å²) in [6, 6.07) is 19.3. The fraction of sp³-hybridized carbons (Fsp3) is 0.0476. The van der Waals surface area contributed by atoms with Crippen molar-refractivity contribution >= 4 is 17.3 Å². The van der Waals surface area contributed by atoms with Gasteiger partial charge in [-0.1, -0.05) is 12.1 Å². The van der Waals surface area contributed by atoms with Gasteiger partial charge in [-0.05, 0) is 55.0 Å². The first-order chi connectivity index (χ1) is 13.5. The average molecular weight is 375 g/mol. The third-order valence-corrected chi connectivity index (χ3v) is 4.02. The molecule has 1 aromatic heterocycles. The molecule has 0 radical (unpaired) electrons. The number of aryl methyl sites for hydroxylation is 1. The fourth-order valence-corrected chi connectivity index (χ4v) is 2.76. The number of nitrogens with zero attached hydrogens (tertiary/aromatic N) is 2. The van der Waals surface area contributed by atoms with Crippen LogP contribution < -0.4 is 15.8 Å². The average Bonchev–Trinajstić information content (AvgIpc) is 3.10. The maximum atomic E-state index is 13.4. The molecular formula is C21H18FN5O. The van der Waals surface area contributed by atoms with Crippen LogP contribution in [-0.2, 0) is 0 Å². The molecule has 4 rings (SSSR count). The number of nitrogens with two attached hydrogens (primary N) is 1. The molecule has 6 nitrogen and oxygen atoms in total. The summed E-state index contributed by atoms with van der Waals surface area (Å²) in [5.41, 5.74) is 8.85. The second-order valence-electron chi connectivity index (χ2n) is 6.35. The molecule has 0 atom stereocenters. The van der Waals surface area contributed by atoms with Gasteiger partial charge in [0, 0.05) is 29.1 Å². The standard InChI is InChI=1S/C21H18FN5O/c1-13-3-2-4-17(9-13)24-21-25-20(26-27-21)14-5-7-18(8-6-14)28-19-11-15(22)10-16(23)12-19/h2-12H,23H2,1H3,(H2,24,25,26,27). The van der Waals surface area contributed by atoms with Gasteiger partial charge in [0.25, 0.3) is 0 Å². The zero-order valence-electron chi connectivity index (χ0n) is 15.1. The van der Waals surface area contributed by atoms with Crippen molar-refractivity contribution in [3.05, 3.63) is 78.1 Å². The Morgan fingerprint density at radius 2 is 1.82 bits per heavy atom. The van der Waals surface area contributed by atoms with Crippen LogP contribution in [0.4, 0.5) is 21.7 Å². The van der Waals surface area contributed by atoms with Crippen LogP contribution in [0.1, 0.15) is 5.56 Å². The Hall–Kier alpha value is -3.87. The lowest BCUT2D eigenvalue weighted by Gasteiger charge is -2.07. The zero-order valence-corrected chi connectivity index (χ0v) is 15.1. The van der Waals surface area contributed by atoms with Crippen LogP contribution in [0.3, 0.4) is 0 Å². The highest BCUT2D eigenvalue weighted by Gasteiger charge is 2.07. The van der Waals surface area contributed by atoms with Gasteiger partial charge >= 0.3 is 0 Å². The first-order valence-corrected chi connectivity index (χ1v) is 8.66. The van der Waals surface area contributed by atoms with Gasteiger partial charge in [-0.3, -0.25) is 5.10 Å². The second kappa shape index (κ2) is 7.40. The van der Waals surface area contributed by atoms with Crippen LogP contribution in [0.5, 0.6) is 11.5 Å². The molecule has 7 heteroatoms. The van der Waals surface area contributed by atoms with Crippen molar-refractivity contribution in [3.63, 3.8) is 0 Å². The van der Waals surface area contributed by atoms with E-state index in [-0.39, 0.29) is 0 Å². The molecule has 28 heavy (non-hydrogen) atoms. The Morgan fingerprint density at radius 1 is 1.00 bits per heavy atom. The second-order valence-corrected chi connectivity index (χ2v) is 6.35. The van der Waals surface area contributed by atoms with Crippen molar-refractivity contribution in [2.45, 2.75) is 6.92 Å². The quantitative estimate of drug-likeness (QED) is 0.425. The molecule has 0 aliphatic carbocycles. The summed E-state index contributed by atoms with van der Waals surface area (Å²) in [5.74, 6) is 1.57. The maximum Gasteiger partial charge on any atom is 0.246 e. The Kier molecular flexibility index (Phi) is 4.63. The zero-order chi connectivity index (χ0) is 19.5. The van der Waals surface area contributed by atoms with Gasteiger partial charge in [-0.25, -0.2) is 4.39 Å². The van der Waals surface area contributed by atoms with Gasteiger partial charge in [0.2, 0.25) is 5.95 Å². The van der Waals surface area contributed by atoms with Crippen molar-refractivity contribution in [1.82, 2.24) is 15.2 Å². The summed E-state index contributed by atoms with van der Waals surface area (Å²) in [6.07, 6.45) is 0. The van der Waals surface area contributed by atoms with Crippen LogP contribution in [0.2, 0.25) is 0 Å². The van der Waals surface area contributed by atoms with Crippen LogP contribution in [0, 0.1) is 12.7 Å². The molecule has 0 spiro atoms. The molecule has 0 aliphatic rings. The number of rotatable bonds is 5. The van der Waals surface area contributed by atoms with Crippen molar-refractivity contribution in [2.24, 2.45) is 0 Å². The van der Waals surface area contributed by atoms with E-state index in [9.17, 15) is 4.39 Å². The first-order valence-electron chi connectivity index (χ1n) is 8.66. The van der Waals surface area contributed by atoms with E-state index in [0.717, 1.165) is 16.8 Å². The summed E-state index contributed by atoms with van der Waals surface area (Å²) in [5, 5.41) is 10.3. The number of hydrogen-bond donors (Lipinski definition) is 3. The number of anilines is 3. The monoisotopic (exact) mass is 375 g/mol. The fourth-order valence-electron chi connectivity index (χ4n) is 2.76. The van der Waals surface area contributed by atoms with E-state index in [4.69, 9.17) is 10.5 Å². The minimum absolute atomic E-state index is 0.307. The van der Waals surface area contributed by atoms with Gasteiger partial charge in [-0.2, -0.15) is 4.98 Å². The van der Waals surface area contributed by atoms with E-state index in [2.05, 4.69) is 20.5 Å². The Balaban J connectivity index is 1.47. The number of aromatic amines is 1. The van der Waals surface area contributed by atoms with Crippen molar-refractivity contribution in [1.29, 1.82) is 0 Å². The minimum atomic E-state index is -0.443. The molecule has 4 N–H and O–H groups in total. The van der Waals surface area contributed by atoms with Crippen LogP contribution >= 0.6 is 0 Å². The minimum Gasteiger partial charge on any atom is -0.457 e. The first kappa shape index (κ1) is 17.5. The van der Waals surface area contributed by atoms with E-state index in [1.54, 1.807) is 18.2 Å². The molecule has 0 saturated heterocycles. The van der Waals surface area contributed by atoms with E-state index < -0.39 is 5.82 Å². The van der Waals surface area contributed by atoms with Gasteiger partial charge in [-0.15, -0.1) is 5.10 Å². The van der Waals surface area contributed by atoms with Gasteiger partial charge < -0.3 is 15.8 Å². The van der Waals surface area contributed by atoms with Gasteiger partial charge in [0.1, 0.15) is 17.3 Å². The Bertz CT molecular complexity index is 1090. The van der Waals surface area contributed by atoms with Crippen LogP contribution in [0.25, 0.3) is 11.4 Å². The van der Waals surface area contributed by atoms with Gasteiger partial charge in [0.15, 0.2) is 5.82 Å². The molecule has 1 heterocycles. The third-order valence-electron chi connectivity index (χ3n) is 4.02. The SMILES string of the molecule is Cc1cccc(Nc2n[nH]c(-c3ccc(Oc4cc(N)cc(F)c4)cc3)n2)c1. The molecule has 140 valence electrons. The maximum absolute atomic E-state index is 13.4. The molecule has 4 aromatic rings. The largest absolute Gasteiger partial charge is 0.457 e. The number of nitrogen functional groups attached to an aromatic ring is 1. The number of aromatic nitrogens is 3. The van der Waals surface area contributed by atoms with Crippen molar-refractivity contribution < 1.29 is 9.13 Å². The summed E-state index contributed by atoms with van der Waals surface area (Å²) in [4.78, 5) is 4.46. The lowest BCUT2D eigenvalue weighted by molar-refractivity contribution is 0.477. The summed E-state index contributed by atoms with van der Waals surface area (Å²) >= 11 is 0. The molecule has 3 aromatic carbocycles. The molecule has 0 bridgehead atoms. The summed E-state index contributed by atoms with van der Waals surface area (Å²) in [7, 11) is 0. The van der Waals surface area contributed by atoms with Crippen molar-refractivity contribution in [2.75, 3.05) is 11.1 Å². The summed E-state index contributed by atoms with van der Waals surface area (Å²) in [6.45, 7) is 2.02. The molecule has 0 unspecified atom stereocenters. The topological polar surface area (TPSA) is 88.8 Å². The number of halogens is 1. The molecule has 0 amide bonds. The highest BCUT2D eigenvalue weighted by molar-refractivity contribution is 5.60. The smallest absolute Gasteiger partial charge is 0.246 e. The number of H-pyrrole nitrogens is 1. The normalized spacial score (nSPS) is 10.6. The summed E-state index contributed by atoms with van der Waals surface area (Å²) < 4.78 is 19.1. The van der Waals surface area contributed by atoms with E-state index >= 15 is 0 Å². The number of ether oxygens (including phenoxy) is 1. The molecular weight excluding hydrogens is 357 g/mol. The van der Waals surface area contributed by atoms with E-state index in [1.807, 2.05) is 43.3 Å². The Labute approximate surface area is 161 Å². The van der Waals surface area contributed by atoms with Crippen LogP contribution in [0.15, 0.2) is 66.7 Å². The van der Waals surface area contributed by atoms with E-state index in [1.165, 1.54) is 12.1 Å². The van der Waals surface area contributed by atoms with Gasteiger partial charge in [0.05, 0.1) is 0 Å². The third kappa shape index (κ3) is 4.09. The van der Waals surface area contributed by atoms with Crippen LogP contribution in [-0.4, -0.2) is 15.2 Å². The predicted molar refractivity (Wildman–Crippen MR) is 107 cm³/mol. The number of nitrogens with one attached hydrogen (secondary N) is 2. The number of hydrogen-bond acceptors (Lipinski definition) is 5. The van der Waals surface area contributed by atoms with E-state index in [0.29, 0.717) is 29.0 Å². The molecule has 0 aliphatic heterocycles. The van der Waals surface area contributed by atoms with Crippen molar-refractivity contribution in [3.8, 4) is 22.9 Å².